The maximum absolute atomic E-state index is 13.7. The molecule has 0 atom stereocenters. The summed E-state index contributed by atoms with van der Waals surface area (Å²) in [4.78, 5) is 16.4. The van der Waals surface area contributed by atoms with Crippen molar-refractivity contribution in [3.63, 3.8) is 0 Å². The molecular formula is C21H24F3N7. The first-order chi connectivity index (χ1) is 14.7. The van der Waals surface area contributed by atoms with Gasteiger partial charge in [0.15, 0.2) is 5.82 Å². The third-order valence-electron chi connectivity index (χ3n) is 5.59. The highest BCUT2D eigenvalue weighted by atomic mass is 19.4. The van der Waals surface area contributed by atoms with Crippen LogP contribution in [0.2, 0.25) is 0 Å². The number of nitrogens with two attached hydrogens (primary N) is 2. The molecule has 0 aromatic carbocycles. The number of hydrogen-bond donors (Lipinski definition) is 2. The van der Waals surface area contributed by atoms with Gasteiger partial charge in [-0.05, 0) is 44.0 Å². The second-order valence-corrected chi connectivity index (χ2v) is 8.11. The second kappa shape index (κ2) is 7.84. The summed E-state index contributed by atoms with van der Waals surface area (Å²) < 4.78 is 41.0. The van der Waals surface area contributed by atoms with Crippen molar-refractivity contribution in [3.8, 4) is 0 Å². The van der Waals surface area contributed by atoms with Crippen molar-refractivity contribution in [1.82, 2.24) is 9.97 Å². The zero-order chi connectivity index (χ0) is 22.2. The fourth-order valence-electron chi connectivity index (χ4n) is 3.82. The number of nitrogens with zero attached hydrogens (tertiary/aromatic N) is 5. The number of piperidine rings is 1. The van der Waals surface area contributed by atoms with Crippen LogP contribution >= 0.6 is 0 Å². The molecule has 1 saturated heterocycles. The van der Waals surface area contributed by atoms with E-state index in [-0.39, 0.29) is 29.3 Å². The second-order valence-electron chi connectivity index (χ2n) is 8.11. The Kier molecular flexibility index (Phi) is 5.34. The van der Waals surface area contributed by atoms with Crippen molar-refractivity contribution in [2.75, 3.05) is 29.4 Å². The minimum atomic E-state index is -4.56. The molecule has 0 unspecified atom stereocenters. The van der Waals surface area contributed by atoms with Crippen LogP contribution in [0.25, 0.3) is 5.70 Å². The van der Waals surface area contributed by atoms with Gasteiger partial charge in [0.05, 0.1) is 29.7 Å². The van der Waals surface area contributed by atoms with E-state index in [4.69, 9.17) is 11.5 Å². The number of aromatic nitrogens is 2. The molecular weight excluding hydrogens is 407 g/mol. The van der Waals surface area contributed by atoms with E-state index >= 15 is 0 Å². The molecule has 0 spiro atoms. The van der Waals surface area contributed by atoms with E-state index in [0.717, 1.165) is 37.7 Å². The number of alkyl halides is 3. The average molecular weight is 431 g/mol. The van der Waals surface area contributed by atoms with E-state index in [1.807, 2.05) is 19.1 Å². The van der Waals surface area contributed by atoms with Crippen LogP contribution in [-0.4, -0.2) is 41.0 Å². The number of anilines is 2. The van der Waals surface area contributed by atoms with Crippen LogP contribution in [0, 0.1) is 0 Å². The Labute approximate surface area is 178 Å². The van der Waals surface area contributed by atoms with Crippen LogP contribution < -0.4 is 21.3 Å². The average Bonchev–Trinajstić information content (AvgIpc) is 2.73. The van der Waals surface area contributed by atoms with Gasteiger partial charge < -0.3 is 21.3 Å². The van der Waals surface area contributed by atoms with Gasteiger partial charge in [-0.1, -0.05) is 0 Å². The van der Waals surface area contributed by atoms with Crippen molar-refractivity contribution >= 4 is 23.0 Å². The summed E-state index contributed by atoms with van der Waals surface area (Å²) in [7, 11) is 0. The molecule has 0 saturated carbocycles. The van der Waals surface area contributed by atoms with E-state index in [0.29, 0.717) is 5.82 Å². The summed E-state index contributed by atoms with van der Waals surface area (Å²) in [6.07, 6.45) is 1.30. The quantitative estimate of drug-likeness (QED) is 0.776. The molecule has 4 heterocycles. The Hall–Kier alpha value is -3.14. The molecule has 2 aromatic heterocycles. The molecule has 31 heavy (non-hydrogen) atoms. The summed E-state index contributed by atoms with van der Waals surface area (Å²) >= 11 is 0. The van der Waals surface area contributed by atoms with Gasteiger partial charge in [0.25, 0.3) is 0 Å². The van der Waals surface area contributed by atoms with Gasteiger partial charge in [0.2, 0.25) is 0 Å². The Morgan fingerprint density at radius 1 is 1.06 bits per heavy atom. The number of hydrogen-bond acceptors (Lipinski definition) is 7. The Bertz CT molecular complexity index is 1020. The topological polar surface area (TPSA) is 96.7 Å². The van der Waals surface area contributed by atoms with Crippen molar-refractivity contribution in [1.29, 1.82) is 0 Å². The minimum Gasteiger partial charge on any atom is -0.386 e. The van der Waals surface area contributed by atoms with Gasteiger partial charge in [-0.25, -0.2) is 9.98 Å². The zero-order valence-corrected chi connectivity index (χ0v) is 17.1. The lowest BCUT2D eigenvalue weighted by Gasteiger charge is -2.40. The first-order valence-corrected chi connectivity index (χ1v) is 9.97. The third kappa shape index (κ3) is 4.34. The summed E-state index contributed by atoms with van der Waals surface area (Å²) in [6.45, 7) is 3.57. The first-order valence-electron chi connectivity index (χ1n) is 9.97. The first kappa shape index (κ1) is 21.1. The molecule has 10 heteroatoms. The molecule has 4 N–H and O–H groups in total. The predicted molar refractivity (Wildman–Crippen MR) is 114 cm³/mol. The highest BCUT2D eigenvalue weighted by Gasteiger charge is 2.37. The van der Waals surface area contributed by atoms with Crippen molar-refractivity contribution in [2.45, 2.75) is 31.5 Å². The molecule has 4 rings (SSSR count). The van der Waals surface area contributed by atoms with Gasteiger partial charge in [-0.15, -0.1) is 0 Å². The standard InChI is InChI=1S/C21H24F3N7/c1-20(26)6-10-30(11-7-20)15-5-3-9-28-19(15)31-13-17(25)29-12-16(31)18-14(21(22,23)24)4-2-8-27-18/h2-5,8-9,12H,6-7,10-11,13,26H2,1H3,(H2,25,29). The molecule has 2 aromatic rings. The van der Waals surface area contributed by atoms with E-state index < -0.39 is 11.7 Å². The molecule has 0 bridgehead atoms. The maximum Gasteiger partial charge on any atom is 0.418 e. The summed E-state index contributed by atoms with van der Waals surface area (Å²) in [5.41, 5.74) is 11.9. The molecule has 7 nitrogen and oxygen atoms in total. The Morgan fingerprint density at radius 3 is 2.45 bits per heavy atom. The van der Waals surface area contributed by atoms with Crippen LogP contribution in [0.1, 0.15) is 31.0 Å². The predicted octanol–water partition coefficient (Wildman–Crippen LogP) is 2.99. The molecule has 2 aliphatic rings. The van der Waals surface area contributed by atoms with E-state index in [9.17, 15) is 13.2 Å². The Balaban J connectivity index is 1.77. The number of pyridine rings is 2. The lowest BCUT2D eigenvalue weighted by Crippen LogP contribution is -2.48. The monoisotopic (exact) mass is 431 g/mol. The highest BCUT2D eigenvalue weighted by Crippen LogP contribution is 2.39. The molecule has 1 fully saturated rings. The van der Waals surface area contributed by atoms with Crippen molar-refractivity contribution < 1.29 is 13.2 Å². The Morgan fingerprint density at radius 2 is 1.74 bits per heavy atom. The zero-order valence-electron chi connectivity index (χ0n) is 17.1. The van der Waals surface area contributed by atoms with E-state index in [1.54, 1.807) is 11.1 Å². The van der Waals surface area contributed by atoms with Gasteiger partial charge in [-0.3, -0.25) is 4.98 Å². The highest BCUT2D eigenvalue weighted by molar-refractivity contribution is 5.96. The lowest BCUT2D eigenvalue weighted by atomic mass is 9.91. The fraction of sp³-hybridized carbons (Fsp3) is 0.381. The van der Waals surface area contributed by atoms with Gasteiger partial charge in [0.1, 0.15) is 11.5 Å². The largest absolute Gasteiger partial charge is 0.418 e. The SMILES string of the molecule is CC1(N)CCN(c2cccnc2N2CC(N)=NC=C2c2ncccc2C(F)(F)F)CC1. The number of aliphatic imine (C=N–C) groups is 1. The maximum atomic E-state index is 13.7. The normalized spacial score (nSPS) is 19.1. The summed E-state index contributed by atoms with van der Waals surface area (Å²) in [5.74, 6) is 0.782. The molecule has 0 amide bonds. The van der Waals surface area contributed by atoms with Gasteiger partial charge in [-0.2, -0.15) is 13.2 Å². The van der Waals surface area contributed by atoms with Gasteiger partial charge >= 0.3 is 6.18 Å². The van der Waals surface area contributed by atoms with Crippen LogP contribution in [0.15, 0.2) is 47.9 Å². The molecule has 164 valence electrons. The van der Waals surface area contributed by atoms with Gasteiger partial charge in [0, 0.05) is 31.0 Å². The van der Waals surface area contributed by atoms with Crippen LogP contribution in [-0.2, 0) is 6.18 Å². The van der Waals surface area contributed by atoms with Crippen molar-refractivity contribution in [3.05, 3.63) is 54.1 Å². The summed E-state index contributed by atoms with van der Waals surface area (Å²) in [6, 6.07) is 5.99. The van der Waals surface area contributed by atoms with E-state index in [1.165, 1.54) is 18.5 Å². The smallest absolute Gasteiger partial charge is 0.386 e. The van der Waals surface area contributed by atoms with Crippen LogP contribution in [0.3, 0.4) is 0 Å². The van der Waals surface area contributed by atoms with Crippen LogP contribution in [0.4, 0.5) is 24.7 Å². The number of amidine groups is 1. The van der Waals surface area contributed by atoms with Crippen LogP contribution in [0.5, 0.6) is 0 Å². The summed E-state index contributed by atoms with van der Waals surface area (Å²) in [5, 5.41) is 0. The van der Waals surface area contributed by atoms with Crippen molar-refractivity contribution in [2.24, 2.45) is 16.5 Å². The fourth-order valence-corrected chi connectivity index (χ4v) is 3.82. The number of rotatable bonds is 3. The van der Waals surface area contributed by atoms with E-state index in [2.05, 4.69) is 19.9 Å². The third-order valence-corrected chi connectivity index (χ3v) is 5.59. The lowest BCUT2D eigenvalue weighted by molar-refractivity contribution is -0.138. The minimum absolute atomic E-state index is 0.103. The molecule has 0 radical (unpaired) electrons. The number of halogens is 3. The molecule has 2 aliphatic heterocycles. The molecule has 0 aliphatic carbocycles.